The number of amides is 4. The number of hydrogen-bond donors (Lipinski definition) is 5. The van der Waals surface area contributed by atoms with E-state index in [-0.39, 0.29) is 36.4 Å². The van der Waals surface area contributed by atoms with Gasteiger partial charge in [-0.3, -0.25) is 19.2 Å². The van der Waals surface area contributed by atoms with Crippen LogP contribution in [0.5, 0.6) is 0 Å². The van der Waals surface area contributed by atoms with E-state index in [4.69, 9.17) is 0 Å². The number of thiol groups is 1. The number of carbonyl (C=O) groups is 4. The standard InChI is InChI=1S/C19H28N4O4S/c1-2-9-20-19(27)16(12-28)23-17(25)8-10-21-18(26)15(22-13-24)11-14-6-4-3-5-7-14/h3-7,13,15-16,28H,2,8-12H2,1H3,(H,20,27)(H,21,26)(H,22,24)(H,23,25)/t15-,16-/m0/s1. The maximum absolute atomic E-state index is 12.3. The van der Waals surface area contributed by atoms with Crippen LogP contribution in [-0.2, 0) is 25.6 Å². The molecule has 4 amide bonds. The van der Waals surface area contributed by atoms with E-state index >= 15 is 0 Å². The molecule has 1 aromatic rings. The smallest absolute Gasteiger partial charge is 0.243 e. The van der Waals surface area contributed by atoms with E-state index in [0.29, 0.717) is 19.4 Å². The zero-order valence-electron chi connectivity index (χ0n) is 15.9. The second-order valence-corrected chi connectivity index (χ2v) is 6.53. The van der Waals surface area contributed by atoms with Crippen LogP contribution < -0.4 is 21.3 Å². The van der Waals surface area contributed by atoms with E-state index in [1.54, 1.807) is 0 Å². The summed E-state index contributed by atoms with van der Waals surface area (Å²) in [5.41, 5.74) is 0.907. The van der Waals surface area contributed by atoms with Crippen molar-refractivity contribution in [3.8, 4) is 0 Å². The molecule has 0 bridgehead atoms. The Hall–Kier alpha value is -2.55. The van der Waals surface area contributed by atoms with E-state index in [9.17, 15) is 19.2 Å². The second-order valence-electron chi connectivity index (χ2n) is 6.16. The number of nitrogens with one attached hydrogen (secondary N) is 4. The number of hydrogen-bond acceptors (Lipinski definition) is 5. The summed E-state index contributed by atoms with van der Waals surface area (Å²) in [6.45, 7) is 2.55. The molecule has 1 aromatic carbocycles. The minimum atomic E-state index is -0.729. The Bertz CT molecular complexity index is 642. The van der Waals surface area contributed by atoms with Gasteiger partial charge in [0.1, 0.15) is 12.1 Å². The summed E-state index contributed by atoms with van der Waals surface area (Å²) in [4.78, 5) is 47.0. The first-order valence-electron chi connectivity index (χ1n) is 9.21. The predicted molar refractivity (Wildman–Crippen MR) is 110 cm³/mol. The van der Waals surface area contributed by atoms with Crippen molar-refractivity contribution in [3.05, 3.63) is 35.9 Å². The van der Waals surface area contributed by atoms with Crippen molar-refractivity contribution in [3.63, 3.8) is 0 Å². The van der Waals surface area contributed by atoms with Crippen LogP contribution in [0.2, 0.25) is 0 Å². The number of benzene rings is 1. The van der Waals surface area contributed by atoms with Gasteiger partial charge >= 0.3 is 0 Å². The monoisotopic (exact) mass is 408 g/mol. The molecule has 0 fully saturated rings. The molecule has 0 saturated carbocycles. The summed E-state index contributed by atoms with van der Waals surface area (Å²) < 4.78 is 0. The predicted octanol–water partition coefficient (Wildman–Crippen LogP) is -0.209. The Morgan fingerprint density at radius 3 is 2.29 bits per heavy atom. The molecule has 0 heterocycles. The average Bonchev–Trinajstić information content (AvgIpc) is 2.70. The van der Waals surface area contributed by atoms with Crippen molar-refractivity contribution >= 4 is 36.8 Å². The van der Waals surface area contributed by atoms with Crippen LogP contribution in [-0.4, -0.2) is 55.1 Å². The molecule has 0 aliphatic rings. The van der Waals surface area contributed by atoms with Crippen LogP contribution in [0, 0.1) is 0 Å². The molecule has 0 aliphatic carbocycles. The maximum Gasteiger partial charge on any atom is 0.243 e. The molecule has 0 spiro atoms. The van der Waals surface area contributed by atoms with E-state index < -0.39 is 12.1 Å². The lowest BCUT2D eigenvalue weighted by molar-refractivity contribution is -0.129. The molecule has 9 heteroatoms. The van der Waals surface area contributed by atoms with Gasteiger partial charge in [0.05, 0.1) is 0 Å². The summed E-state index contributed by atoms with van der Waals surface area (Å²) in [5.74, 6) is -0.854. The van der Waals surface area contributed by atoms with Gasteiger partial charge in [-0.25, -0.2) is 0 Å². The Balaban J connectivity index is 2.44. The Kier molecular flexibility index (Phi) is 11.4. The number of carbonyl (C=O) groups excluding carboxylic acids is 4. The van der Waals surface area contributed by atoms with E-state index in [1.165, 1.54) is 0 Å². The SMILES string of the molecule is CCCNC(=O)[C@H](CS)NC(=O)CCNC(=O)[C@H](Cc1ccccc1)NC=O. The molecular weight excluding hydrogens is 380 g/mol. The van der Waals surface area contributed by atoms with Crippen molar-refractivity contribution in [1.82, 2.24) is 21.3 Å². The molecule has 0 unspecified atom stereocenters. The third-order valence-electron chi connectivity index (χ3n) is 3.90. The van der Waals surface area contributed by atoms with Crippen LogP contribution in [0.1, 0.15) is 25.3 Å². The highest BCUT2D eigenvalue weighted by atomic mass is 32.1. The second kappa shape index (κ2) is 13.6. The minimum absolute atomic E-state index is 0.0101. The van der Waals surface area contributed by atoms with Crippen molar-refractivity contribution in [2.75, 3.05) is 18.8 Å². The molecule has 0 aliphatic heterocycles. The zero-order chi connectivity index (χ0) is 20.8. The molecule has 0 aromatic heterocycles. The van der Waals surface area contributed by atoms with Gasteiger partial charge < -0.3 is 21.3 Å². The average molecular weight is 409 g/mol. The molecule has 28 heavy (non-hydrogen) atoms. The highest BCUT2D eigenvalue weighted by molar-refractivity contribution is 7.80. The summed E-state index contributed by atoms with van der Waals surface area (Å²) in [6.07, 6.45) is 1.63. The topological polar surface area (TPSA) is 116 Å². The summed E-state index contributed by atoms with van der Waals surface area (Å²) >= 11 is 4.09. The zero-order valence-corrected chi connectivity index (χ0v) is 16.8. The van der Waals surface area contributed by atoms with Gasteiger partial charge in [0.2, 0.25) is 24.1 Å². The molecule has 4 N–H and O–H groups in total. The van der Waals surface area contributed by atoms with Crippen molar-refractivity contribution in [2.24, 2.45) is 0 Å². The molecule has 154 valence electrons. The van der Waals surface area contributed by atoms with Gasteiger partial charge in [0, 0.05) is 31.7 Å². The fraction of sp³-hybridized carbons (Fsp3) is 0.474. The molecule has 1 rings (SSSR count). The maximum atomic E-state index is 12.3. The lowest BCUT2D eigenvalue weighted by Gasteiger charge is -2.18. The van der Waals surface area contributed by atoms with Crippen LogP contribution >= 0.6 is 12.6 Å². The molecular formula is C19H28N4O4S. The van der Waals surface area contributed by atoms with Gasteiger partial charge in [0.15, 0.2) is 0 Å². The van der Waals surface area contributed by atoms with E-state index in [2.05, 4.69) is 33.9 Å². The first-order chi connectivity index (χ1) is 13.5. The lowest BCUT2D eigenvalue weighted by atomic mass is 10.1. The first kappa shape index (κ1) is 23.5. The summed E-state index contributed by atoms with van der Waals surface area (Å²) in [6, 6.07) is 7.84. The fourth-order valence-corrected chi connectivity index (χ4v) is 2.67. The van der Waals surface area contributed by atoms with Gasteiger partial charge in [-0.2, -0.15) is 12.6 Å². The van der Waals surface area contributed by atoms with Gasteiger partial charge in [0.25, 0.3) is 0 Å². The van der Waals surface area contributed by atoms with Gasteiger partial charge in [-0.15, -0.1) is 0 Å². The summed E-state index contributed by atoms with van der Waals surface area (Å²) in [7, 11) is 0. The normalized spacial score (nSPS) is 12.4. The van der Waals surface area contributed by atoms with Crippen molar-refractivity contribution in [2.45, 2.75) is 38.3 Å². The number of rotatable bonds is 13. The first-order valence-corrected chi connectivity index (χ1v) is 9.84. The van der Waals surface area contributed by atoms with E-state index in [0.717, 1.165) is 12.0 Å². The van der Waals surface area contributed by atoms with Crippen molar-refractivity contribution < 1.29 is 19.2 Å². The fourth-order valence-electron chi connectivity index (χ4n) is 2.41. The third-order valence-corrected chi connectivity index (χ3v) is 4.27. The van der Waals surface area contributed by atoms with Crippen molar-refractivity contribution in [1.29, 1.82) is 0 Å². The lowest BCUT2D eigenvalue weighted by Crippen LogP contribution is -2.49. The molecule has 2 atom stereocenters. The third kappa shape index (κ3) is 8.90. The molecule has 8 nitrogen and oxygen atoms in total. The van der Waals surface area contributed by atoms with Crippen LogP contribution in [0.15, 0.2) is 30.3 Å². The summed E-state index contributed by atoms with van der Waals surface area (Å²) in [5, 5.41) is 10.4. The highest BCUT2D eigenvalue weighted by Crippen LogP contribution is 2.03. The van der Waals surface area contributed by atoms with Crippen LogP contribution in [0.4, 0.5) is 0 Å². The molecule has 0 saturated heterocycles. The van der Waals surface area contributed by atoms with Gasteiger partial charge in [-0.05, 0) is 12.0 Å². The van der Waals surface area contributed by atoms with Gasteiger partial charge in [-0.1, -0.05) is 37.3 Å². The van der Waals surface area contributed by atoms with E-state index in [1.807, 2.05) is 37.3 Å². The van der Waals surface area contributed by atoms with Crippen LogP contribution in [0.3, 0.4) is 0 Å². The Labute approximate surface area is 170 Å². The minimum Gasteiger partial charge on any atom is -0.354 e. The quantitative estimate of drug-likeness (QED) is 0.229. The molecule has 0 radical (unpaired) electrons. The Morgan fingerprint density at radius 2 is 1.68 bits per heavy atom. The highest BCUT2D eigenvalue weighted by Gasteiger charge is 2.20. The largest absolute Gasteiger partial charge is 0.354 e. The Morgan fingerprint density at radius 1 is 1.04 bits per heavy atom. The van der Waals surface area contributed by atoms with Crippen LogP contribution in [0.25, 0.3) is 0 Å².